The third kappa shape index (κ3) is 8.80. The van der Waals surface area contributed by atoms with Gasteiger partial charge in [-0.25, -0.2) is 13.8 Å². The van der Waals surface area contributed by atoms with E-state index in [0.29, 0.717) is 24.2 Å². The van der Waals surface area contributed by atoms with Gasteiger partial charge in [-0.3, -0.25) is 14.4 Å². The number of aromatic nitrogens is 2. The van der Waals surface area contributed by atoms with Gasteiger partial charge in [0, 0.05) is 31.9 Å². The van der Waals surface area contributed by atoms with Gasteiger partial charge >= 0.3 is 0 Å². The Balaban J connectivity index is 1.46. The van der Waals surface area contributed by atoms with Crippen LogP contribution in [0.2, 0.25) is 0 Å². The number of ether oxygens (including phenoxy) is 1. The number of carbonyl (C=O) groups excluding carboxylic acids is 3. The maximum Gasteiger partial charge on any atom is 0.274 e. The Labute approximate surface area is 285 Å². The number of halogens is 2. The zero-order valence-corrected chi connectivity index (χ0v) is 28.5. The van der Waals surface area contributed by atoms with Gasteiger partial charge in [0.1, 0.15) is 40.9 Å². The Bertz CT molecular complexity index is 1720. The van der Waals surface area contributed by atoms with Gasteiger partial charge in [-0.1, -0.05) is 39.0 Å². The molecule has 1 aliphatic rings. The Kier molecular flexibility index (Phi) is 11.0. The van der Waals surface area contributed by atoms with Crippen LogP contribution < -0.4 is 15.4 Å². The third-order valence-electron chi connectivity index (χ3n) is 8.89. The molecule has 0 radical (unpaired) electrons. The molecule has 0 spiro atoms. The molecule has 0 aliphatic carbocycles. The maximum absolute atomic E-state index is 14.5. The number of hydrogen-bond acceptors (Lipinski definition) is 6. The monoisotopic (exact) mass is 674 g/mol. The largest absolute Gasteiger partial charge is 0.489 e. The summed E-state index contributed by atoms with van der Waals surface area (Å²) in [5.74, 6) is -1.21. The van der Waals surface area contributed by atoms with Gasteiger partial charge in [0.15, 0.2) is 0 Å². The molecule has 12 heteroatoms. The lowest BCUT2D eigenvalue weighted by molar-refractivity contribution is -0.141. The lowest BCUT2D eigenvalue weighted by Gasteiger charge is -2.37. The summed E-state index contributed by atoms with van der Waals surface area (Å²) < 4.78 is 35.3. The second-order valence-electron chi connectivity index (χ2n) is 13.6. The van der Waals surface area contributed by atoms with E-state index >= 15 is 0 Å². The van der Waals surface area contributed by atoms with Gasteiger partial charge in [0.2, 0.25) is 11.8 Å². The van der Waals surface area contributed by atoms with Crippen molar-refractivity contribution < 1.29 is 27.9 Å². The molecule has 4 atom stereocenters. The Morgan fingerprint density at radius 2 is 1.69 bits per heavy atom. The van der Waals surface area contributed by atoms with Crippen molar-refractivity contribution in [3.63, 3.8) is 0 Å². The molecule has 3 heterocycles. The van der Waals surface area contributed by atoms with Gasteiger partial charge in [-0.2, -0.15) is 0 Å². The zero-order chi connectivity index (χ0) is 35.3. The number of carbonyl (C=O) groups is 3. The standard InChI is InChI=1S/C37H44F2N6O4/c1-24(40-5)34(46)42-33(37(2,3)4)36(48)45-22-30(49-29-15-13-27(39)14-16-29)20-28(45)21-44(19-17-25-9-11-26(38)12-10-25)35(47)31-23-43-18-7-6-8-32(43)41-31/h6-16,18,23-24,28,30,33,40H,17,19-22H2,1-5H3,(H,42,46)/t24-,28?,30-,33+/m0/s1. The predicted molar refractivity (Wildman–Crippen MR) is 182 cm³/mol. The van der Waals surface area contributed by atoms with E-state index in [4.69, 9.17) is 4.74 Å². The highest BCUT2D eigenvalue weighted by Crippen LogP contribution is 2.29. The van der Waals surface area contributed by atoms with Crippen LogP contribution in [-0.4, -0.2) is 87.8 Å². The molecule has 1 fully saturated rings. The normalized spacial score (nSPS) is 17.5. The van der Waals surface area contributed by atoms with Crippen LogP contribution in [0.4, 0.5) is 8.78 Å². The fourth-order valence-electron chi connectivity index (χ4n) is 5.97. The van der Waals surface area contributed by atoms with E-state index < -0.39 is 35.5 Å². The molecule has 10 nitrogen and oxygen atoms in total. The number of imidazole rings is 1. The average Bonchev–Trinajstić information content (AvgIpc) is 3.69. The molecule has 1 unspecified atom stereocenters. The number of likely N-dealkylation sites (N-methyl/N-ethyl adjacent to an activating group) is 1. The molecule has 1 aliphatic heterocycles. The van der Waals surface area contributed by atoms with E-state index in [0.717, 1.165) is 5.56 Å². The Morgan fingerprint density at radius 1 is 1.02 bits per heavy atom. The molecule has 5 rings (SSSR count). The van der Waals surface area contributed by atoms with Crippen LogP contribution in [0, 0.1) is 17.0 Å². The van der Waals surface area contributed by atoms with E-state index in [2.05, 4.69) is 15.6 Å². The molecule has 260 valence electrons. The fourth-order valence-corrected chi connectivity index (χ4v) is 5.97. The predicted octanol–water partition coefficient (Wildman–Crippen LogP) is 4.48. The quantitative estimate of drug-likeness (QED) is 0.230. The molecular formula is C37H44F2N6O4. The number of benzene rings is 2. The summed E-state index contributed by atoms with van der Waals surface area (Å²) in [6.45, 7) is 8.01. The Morgan fingerprint density at radius 3 is 2.33 bits per heavy atom. The summed E-state index contributed by atoms with van der Waals surface area (Å²) in [6.07, 6.45) is 3.85. The first-order valence-corrected chi connectivity index (χ1v) is 16.5. The van der Waals surface area contributed by atoms with Crippen LogP contribution in [-0.2, 0) is 16.0 Å². The lowest BCUT2D eigenvalue weighted by atomic mass is 9.85. The number of fused-ring (bicyclic) bond motifs is 1. The lowest BCUT2D eigenvalue weighted by Crippen LogP contribution is -2.59. The van der Waals surface area contributed by atoms with Crippen LogP contribution >= 0.6 is 0 Å². The molecular weight excluding hydrogens is 630 g/mol. The molecule has 4 aromatic rings. The van der Waals surface area contributed by atoms with Crippen LogP contribution in [0.15, 0.2) is 79.1 Å². The molecule has 0 saturated carbocycles. The number of amides is 3. The van der Waals surface area contributed by atoms with Crippen LogP contribution in [0.25, 0.3) is 5.65 Å². The summed E-state index contributed by atoms with van der Waals surface area (Å²) in [6, 6.07) is 15.4. The summed E-state index contributed by atoms with van der Waals surface area (Å²) in [5, 5.41) is 5.86. The van der Waals surface area contributed by atoms with Crippen molar-refractivity contribution in [3.8, 4) is 5.75 Å². The minimum absolute atomic E-state index is 0.153. The van der Waals surface area contributed by atoms with Gasteiger partial charge in [-0.05, 0) is 79.9 Å². The number of nitrogens with zero attached hydrogens (tertiary/aromatic N) is 4. The van der Waals surface area contributed by atoms with Crippen LogP contribution in [0.5, 0.6) is 5.75 Å². The van der Waals surface area contributed by atoms with Crippen molar-refractivity contribution in [1.82, 2.24) is 29.8 Å². The van der Waals surface area contributed by atoms with E-state index in [1.54, 1.807) is 46.5 Å². The van der Waals surface area contributed by atoms with Crippen molar-refractivity contribution in [1.29, 1.82) is 0 Å². The first kappa shape index (κ1) is 35.5. The highest BCUT2D eigenvalue weighted by Gasteiger charge is 2.44. The third-order valence-corrected chi connectivity index (χ3v) is 8.89. The smallest absolute Gasteiger partial charge is 0.274 e. The first-order chi connectivity index (χ1) is 23.3. The maximum atomic E-state index is 14.5. The number of pyridine rings is 1. The number of rotatable bonds is 12. The van der Waals surface area contributed by atoms with Gasteiger partial charge in [0.25, 0.3) is 5.91 Å². The van der Waals surface area contributed by atoms with E-state index in [-0.39, 0.29) is 48.9 Å². The van der Waals surface area contributed by atoms with Gasteiger partial charge in [0.05, 0.1) is 18.6 Å². The second kappa shape index (κ2) is 15.1. The number of likely N-dealkylation sites (tertiary alicyclic amines) is 1. The van der Waals surface area contributed by atoms with Crippen LogP contribution in [0.1, 0.15) is 50.2 Å². The zero-order valence-electron chi connectivity index (χ0n) is 28.5. The molecule has 3 amide bonds. The molecule has 2 aromatic heterocycles. The average molecular weight is 675 g/mol. The molecule has 0 bridgehead atoms. The first-order valence-electron chi connectivity index (χ1n) is 16.5. The topological polar surface area (TPSA) is 108 Å². The van der Waals surface area contributed by atoms with Crippen molar-refractivity contribution in [2.45, 2.75) is 64.8 Å². The van der Waals surface area contributed by atoms with Crippen molar-refractivity contribution in [2.24, 2.45) is 5.41 Å². The highest BCUT2D eigenvalue weighted by atomic mass is 19.1. The van der Waals surface area contributed by atoms with Crippen LogP contribution in [0.3, 0.4) is 0 Å². The van der Waals surface area contributed by atoms with E-state index in [1.165, 1.54) is 36.4 Å². The fraction of sp³-hybridized carbons (Fsp3) is 0.405. The van der Waals surface area contributed by atoms with E-state index in [1.807, 2.05) is 45.2 Å². The molecule has 2 aromatic carbocycles. The van der Waals surface area contributed by atoms with Crippen molar-refractivity contribution in [3.05, 3.63) is 102 Å². The van der Waals surface area contributed by atoms with E-state index in [9.17, 15) is 23.2 Å². The second-order valence-corrected chi connectivity index (χ2v) is 13.6. The summed E-state index contributed by atoms with van der Waals surface area (Å²) in [7, 11) is 1.67. The van der Waals surface area contributed by atoms with Crippen molar-refractivity contribution >= 4 is 23.4 Å². The summed E-state index contributed by atoms with van der Waals surface area (Å²) >= 11 is 0. The molecule has 2 N–H and O–H groups in total. The SMILES string of the molecule is CN[C@@H](C)C(=O)N[C@H](C(=O)N1C[C@@H](Oc2ccc(F)cc2)CC1CN(CCc1ccc(F)cc1)C(=O)c1cn2ccccc2n1)C(C)(C)C. The van der Waals surface area contributed by atoms with Gasteiger partial charge in [-0.15, -0.1) is 0 Å². The minimum atomic E-state index is -0.871. The Hall–Kier alpha value is -4.84. The number of nitrogens with one attached hydrogen (secondary N) is 2. The number of hydrogen-bond donors (Lipinski definition) is 2. The molecule has 1 saturated heterocycles. The summed E-state index contributed by atoms with van der Waals surface area (Å²) in [5.41, 5.74) is 1.07. The highest BCUT2D eigenvalue weighted by molar-refractivity contribution is 5.93. The van der Waals surface area contributed by atoms with Crippen molar-refractivity contribution in [2.75, 3.05) is 26.7 Å². The summed E-state index contributed by atoms with van der Waals surface area (Å²) in [4.78, 5) is 49.6. The minimum Gasteiger partial charge on any atom is -0.489 e. The molecule has 49 heavy (non-hydrogen) atoms. The van der Waals surface area contributed by atoms with Gasteiger partial charge < -0.3 is 29.6 Å².